The highest BCUT2D eigenvalue weighted by atomic mass is 16.5. The second-order valence-corrected chi connectivity index (χ2v) is 5.18. The van der Waals surface area contributed by atoms with Crippen LogP contribution in [0.2, 0.25) is 0 Å². The molecule has 0 amide bonds. The first-order chi connectivity index (χ1) is 9.31. The summed E-state index contributed by atoms with van der Waals surface area (Å²) in [4.78, 5) is 8.62. The van der Waals surface area contributed by atoms with Crippen LogP contribution in [0.5, 0.6) is 0 Å². The molecule has 1 unspecified atom stereocenters. The number of piperidine rings is 1. The summed E-state index contributed by atoms with van der Waals surface area (Å²) >= 11 is 0. The molecule has 0 radical (unpaired) electrons. The van der Waals surface area contributed by atoms with Crippen LogP contribution >= 0.6 is 0 Å². The number of hydrogen-bond acceptors (Lipinski definition) is 5. The van der Waals surface area contributed by atoms with Gasteiger partial charge in [-0.2, -0.15) is 4.98 Å². The van der Waals surface area contributed by atoms with E-state index < -0.39 is 0 Å². The Bertz CT molecular complexity index is 546. The van der Waals surface area contributed by atoms with Gasteiger partial charge in [0.2, 0.25) is 0 Å². The number of aryl methyl sites for hydroxylation is 1. The van der Waals surface area contributed by atoms with Crippen molar-refractivity contribution in [3.63, 3.8) is 0 Å². The quantitative estimate of drug-likeness (QED) is 0.912. The lowest BCUT2D eigenvalue weighted by Gasteiger charge is -2.20. The van der Waals surface area contributed by atoms with E-state index in [1.54, 1.807) is 6.20 Å². The van der Waals surface area contributed by atoms with Crippen LogP contribution in [-0.4, -0.2) is 28.2 Å². The molecule has 3 heterocycles. The van der Waals surface area contributed by atoms with E-state index in [9.17, 15) is 0 Å². The van der Waals surface area contributed by atoms with Gasteiger partial charge in [0.25, 0.3) is 5.89 Å². The Hall–Kier alpha value is -1.75. The number of nitrogens with one attached hydrogen (secondary N) is 1. The van der Waals surface area contributed by atoms with Crippen LogP contribution in [0.4, 0.5) is 0 Å². The Kier molecular flexibility index (Phi) is 3.55. The maximum atomic E-state index is 5.33. The summed E-state index contributed by atoms with van der Waals surface area (Å²) in [6.45, 7) is 4.18. The van der Waals surface area contributed by atoms with Gasteiger partial charge < -0.3 is 9.84 Å². The summed E-state index contributed by atoms with van der Waals surface area (Å²) in [5.74, 6) is 1.98. The molecule has 0 aromatic carbocycles. The molecule has 5 nitrogen and oxygen atoms in total. The SMILES string of the molecule is Cc1cncc(-c2nc(CC3CCCNC3)no2)c1. The van der Waals surface area contributed by atoms with Gasteiger partial charge in [-0.25, -0.2) is 0 Å². The third kappa shape index (κ3) is 2.98. The Labute approximate surface area is 112 Å². The van der Waals surface area contributed by atoms with E-state index in [-0.39, 0.29) is 0 Å². The molecule has 2 aromatic rings. The minimum atomic E-state index is 0.565. The lowest BCUT2D eigenvalue weighted by atomic mass is 9.96. The predicted molar refractivity (Wildman–Crippen MR) is 71.6 cm³/mol. The third-order valence-electron chi connectivity index (χ3n) is 3.46. The molecule has 100 valence electrons. The summed E-state index contributed by atoms with van der Waals surface area (Å²) in [5.41, 5.74) is 1.98. The van der Waals surface area contributed by atoms with Crippen molar-refractivity contribution in [3.05, 3.63) is 29.8 Å². The van der Waals surface area contributed by atoms with Gasteiger partial charge in [0.1, 0.15) is 0 Å². The standard InChI is InChI=1S/C14H18N4O/c1-10-5-12(9-16-7-10)14-17-13(18-19-14)6-11-3-2-4-15-8-11/h5,7,9,11,15H,2-4,6,8H2,1H3. The molecular weight excluding hydrogens is 240 g/mol. The van der Waals surface area contributed by atoms with Crippen LogP contribution in [0.3, 0.4) is 0 Å². The summed E-state index contributed by atoms with van der Waals surface area (Å²) in [6.07, 6.45) is 6.93. The molecule has 0 spiro atoms. The van der Waals surface area contributed by atoms with E-state index >= 15 is 0 Å². The first-order valence-corrected chi connectivity index (χ1v) is 6.76. The molecule has 5 heteroatoms. The van der Waals surface area contributed by atoms with Crippen LogP contribution in [0, 0.1) is 12.8 Å². The lowest BCUT2D eigenvalue weighted by molar-refractivity contribution is 0.360. The molecule has 19 heavy (non-hydrogen) atoms. The number of aromatic nitrogens is 3. The topological polar surface area (TPSA) is 63.8 Å². The zero-order chi connectivity index (χ0) is 13.1. The van der Waals surface area contributed by atoms with Gasteiger partial charge in [-0.05, 0) is 50.4 Å². The molecule has 0 saturated carbocycles. The average Bonchev–Trinajstić information content (AvgIpc) is 2.88. The van der Waals surface area contributed by atoms with E-state index in [1.165, 1.54) is 12.8 Å². The minimum Gasteiger partial charge on any atom is -0.334 e. The smallest absolute Gasteiger partial charge is 0.259 e. The van der Waals surface area contributed by atoms with Gasteiger partial charge in [0.05, 0.1) is 5.56 Å². The first-order valence-electron chi connectivity index (χ1n) is 6.76. The predicted octanol–water partition coefficient (Wildman–Crippen LogP) is 1.98. The van der Waals surface area contributed by atoms with E-state index in [1.807, 2.05) is 19.2 Å². The fourth-order valence-corrected chi connectivity index (χ4v) is 2.48. The third-order valence-corrected chi connectivity index (χ3v) is 3.46. The van der Waals surface area contributed by atoms with Crippen LogP contribution in [0.1, 0.15) is 24.2 Å². The van der Waals surface area contributed by atoms with Gasteiger partial charge in [-0.15, -0.1) is 0 Å². The summed E-state index contributed by atoms with van der Waals surface area (Å²) in [5, 5.41) is 7.48. The average molecular weight is 258 g/mol. The van der Waals surface area contributed by atoms with E-state index in [0.29, 0.717) is 11.8 Å². The fraction of sp³-hybridized carbons (Fsp3) is 0.500. The molecule has 1 fully saturated rings. The van der Waals surface area contributed by atoms with Crippen LogP contribution < -0.4 is 5.32 Å². The van der Waals surface area contributed by atoms with Crippen LogP contribution in [0.15, 0.2) is 23.0 Å². The van der Waals surface area contributed by atoms with Gasteiger partial charge in [-0.3, -0.25) is 4.98 Å². The van der Waals surface area contributed by atoms with E-state index in [0.717, 1.165) is 36.5 Å². The van der Waals surface area contributed by atoms with E-state index in [4.69, 9.17) is 4.52 Å². The molecule has 1 N–H and O–H groups in total. The van der Waals surface area contributed by atoms with Crippen molar-refractivity contribution in [3.8, 4) is 11.5 Å². The van der Waals surface area contributed by atoms with Crippen molar-refractivity contribution in [1.29, 1.82) is 0 Å². The van der Waals surface area contributed by atoms with Crippen molar-refractivity contribution >= 4 is 0 Å². The largest absolute Gasteiger partial charge is 0.334 e. The van der Waals surface area contributed by atoms with Gasteiger partial charge >= 0.3 is 0 Å². The number of rotatable bonds is 3. The summed E-state index contributed by atoms with van der Waals surface area (Å²) in [7, 11) is 0. The maximum absolute atomic E-state index is 5.33. The Balaban J connectivity index is 1.72. The second-order valence-electron chi connectivity index (χ2n) is 5.18. The zero-order valence-electron chi connectivity index (χ0n) is 11.1. The molecule has 2 aromatic heterocycles. The molecule has 0 bridgehead atoms. The normalized spacial score (nSPS) is 19.5. The molecule has 1 atom stereocenters. The zero-order valence-corrected chi connectivity index (χ0v) is 11.1. The van der Waals surface area contributed by atoms with Gasteiger partial charge in [0, 0.05) is 18.8 Å². The van der Waals surface area contributed by atoms with Gasteiger partial charge in [0.15, 0.2) is 5.82 Å². The number of nitrogens with zero attached hydrogens (tertiary/aromatic N) is 3. The summed E-state index contributed by atoms with van der Waals surface area (Å²) < 4.78 is 5.33. The fourth-order valence-electron chi connectivity index (χ4n) is 2.48. The summed E-state index contributed by atoms with van der Waals surface area (Å²) in [6, 6.07) is 2.01. The molecule has 1 saturated heterocycles. The minimum absolute atomic E-state index is 0.565. The maximum Gasteiger partial charge on any atom is 0.259 e. The Morgan fingerprint density at radius 2 is 2.37 bits per heavy atom. The first kappa shape index (κ1) is 12.3. The van der Waals surface area contributed by atoms with Crippen molar-refractivity contribution in [2.45, 2.75) is 26.2 Å². The highest BCUT2D eigenvalue weighted by Gasteiger charge is 2.17. The molecule has 0 aliphatic carbocycles. The van der Waals surface area contributed by atoms with Gasteiger partial charge in [-0.1, -0.05) is 5.16 Å². The Morgan fingerprint density at radius 1 is 1.42 bits per heavy atom. The molecule has 3 rings (SSSR count). The van der Waals surface area contributed by atoms with Crippen molar-refractivity contribution < 1.29 is 4.52 Å². The highest BCUT2D eigenvalue weighted by Crippen LogP contribution is 2.19. The van der Waals surface area contributed by atoms with Crippen molar-refractivity contribution in [1.82, 2.24) is 20.4 Å². The van der Waals surface area contributed by atoms with Crippen LogP contribution in [0.25, 0.3) is 11.5 Å². The van der Waals surface area contributed by atoms with Crippen molar-refractivity contribution in [2.24, 2.45) is 5.92 Å². The number of hydrogen-bond donors (Lipinski definition) is 1. The van der Waals surface area contributed by atoms with Crippen LogP contribution in [-0.2, 0) is 6.42 Å². The molecule has 1 aliphatic rings. The monoisotopic (exact) mass is 258 g/mol. The molecular formula is C14H18N4O. The van der Waals surface area contributed by atoms with Crippen molar-refractivity contribution in [2.75, 3.05) is 13.1 Å². The number of pyridine rings is 1. The lowest BCUT2D eigenvalue weighted by Crippen LogP contribution is -2.31. The highest BCUT2D eigenvalue weighted by molar-refractivity contribution is 5.51. The Morgan fingerprint density at radius 3 is 3.16 bits per heavy atom. The second kappa shape index (κ2) is 5.48. The van der Waals surface area contributed by atoms with E-state index in [2.05, 4.69) is 20.4 Å². The molecule has 1 aliphatic heterocycles.